The van der Waals surface area contributed by atoms with Gasteiger partial charge < -0.3 is 9.72 Å². The molecule has 0 atom stereocenters. The number of carbonyl (C=O) groups excluding carboxylic acids is 1. The summed E-state index contributed by atoms with van der Waals surface area (Å²) in [5.74, 6) is -0.176. The number of thiazole rings is 1. The summed E-state index contributed by atoms with van der Waals surface area (Å²) in [7, 11) is 0. The van der Waals surface area contributed by atoms with Gasteiger partial charge in [-0.05, 0) is 24.3 Å². The Balaban J connectivity index is 1.18. The SMILES string of the molecule is O=C(Nc1ccc(-c2csc(-c3ccccc3)n2)cc1)c1ccn2cc(-c3ccccc3)nc2c1. The van der Waals surface area contributed by atoms with Gasteiger partial charge in [0.05, 0.1) is 11.4 Å². The van der Waals surface area contributed by atoms with Crippen LogP contribution >= 0.6 is 11.3 Å². The Morgan fingerprint density at radius 1 is 0.743 bits per heavy atom. The molecule has 0 aliphatic rings. The second-order valence-corrected chi connectivity index (χ2v) is 8.97. The maximum Gasteiger partial charge on any atom is 0.255 e. The fourth-order valence-electron chi connectivity index (χ4n) is 3.92. The van der Waals surface area contributed by atoms with Crippen molar-refractivity contribution in [3.8, 4) is 33.1 Å². The van der Waals surface area contributed by atoms with Crippen LogP contribution in [0.4, 0.5) is 5.69 Å². The quantitative estimate of drug-likeness (QED) is 0.293. The molecule has 5 nitrogen and oxygen atoms in total. The molecule has 6 rings (SSSR count). The van der Waals surface area contributed by atoms with Gasteiger partial charge in [-0.2, -0.15) is 0 Å². The van der Waals surface area contributed by atoms with Crippen LogP contribution in [0.1, 0.15) is 10.4 Å². The van der Waals surface area contributed by atoms with E-state index in [9.17, 15) is 4.79 Å². The van der Waals surface area contributed by atoms with Crippen LogP contribution in [0.2, 0.25) is 0 Å². The molecule has 0 aliphatic heterocycles. The molecule has 3 heterocycles. The molecule has 0 spiro atoms. The molecule has 168 valence electrons. The smallest absolute Gasteiger partial charge is 0.255 e. The molecule has 0 radical (unpaired) electrons. The van der Waals surface area contributed by atoms with E-state index in [1.54, 1.807) is 23.5 Å². The molecule has 0 fully saturated rings. The molecular formula is C29H20N4OS. The van der Waals surface area contributed by atoms with Crippen molar-refractivity contribution in [1.29, 1.82) is 0 Å². The Morgan fingerprint density at radius 2 is 1.43 bits per heavy atom. The third-order valence-corrected chi connectivity index (χ3v) is 6.65. The van der Waals surface area contributed by atoms with E-state index in [0.29, 0.717) is 5.56 Å². The lowest BCUT2D eigenvalue weighted by atomic mass is 10.1. The molecule has 1 N–H and O–H groups in total. The molecule has 0 bridgehead atoms. The minimum atomic E-state index is -0.176. The van der Waals surface area contributed by atoms with Crippen molar-refractivity contribution in [2.75, 3.05) is 5.32 Å². The molecular weight excluding hydrogens is 452 g/mol. The number of hydrogen-bond acceptors (Lipinski definition) is 4. The van der Waals surface area contributed by atoms with E-state index < -0.39 is 0 Å². The number of anilines is 1. The van der Waals surface area contributed by atoms with Crippen molar-refractivity contribution in [2.45, 2.75) is 0 Å². The fourth-order valence-corrected chi connectivity index (χ4v) is 4.75. The molecule has 0 saturated heterocycles. The third-order valence-electron chi connectivity index (χ3n) is 5.76. The van der Waals surface area contributed by atoms with Crippen LogP contribution in [0.3, 0.4) is 0 Å². The lowest BCUT2D eigenvalue weighted by molar-refractivity contribution is 0.102. The van der Waals surface area contributed by atoms with E-state index >= 15 is 0 Å². The van der Waals surface area contributed by atoms with Gasteiger partial charge in [-0.3, -0.25) is 4.79 Å². The number of amides is 1. The average Bonchev–Trinajstić information content (AvgIpc) is 3.58. The van der Waals surface area contributed by atoms with E-state index in [4.69, 9.17) is 4.98 Å². The van der Waals surface area contributed by atoms with Gasteiger partial charge in [-0.25, -0.2) is 9.97 Å². The zero-order valence-corrected chi connectivity index (χ0v) is 19.4. The second-order valence-electron chi connectivity index (χ2n) is 8.11. The first-order chi connectivity index (χ1) is 17.2. The monoisotopic (exact) mass is 472 g/mol. The molecule has 1 amide bonds. The van der Waals surface area contributed by atoms with E-state index in [-0.39, 0.29) is 5.91 Å². The highest BCUT2D eigenvalue weighted by Gasteiger charge is 2.11. The van der Waals surface area contributed by atoms with Crippen LogP contribution in [0.15, 0.2) is 115 Å². The topological polar surface area (TPSA) is 59.3 Å². The predicted molar refractivity (Wildman–Crippen MR) is 142 cm³/mol. The van der Waals surface area contributed by atoms with Crippen molar-refractivity contribution >= 4 is 28.6 Å². The lowest BCUT2D eigenvalue weighted by Crippen LogP contribution is -2.12. The first kappa shape index (κ1) is 21.0. The summed E-state index contributed by atoms with van der Waals surface area (Å²) >= 11 is 1.62. The van der Waals surface area contributed by atoms with Crippen molar-refractivity contribution in [1.82, 2.24) is 14.4 Å². The number of rotatable bonds is 5. The number of nitrogens with zero attached hydrogens (tertiary/aromatic N) is 3. The Bertz CT molecular complexity index is 1620. The molecule has 0 saturated carbocycles. The summed E-state index contributed by atoms with van der Waals surface area (Å²) in [4.78, 5) is 22.3. The average molecular weight is 473 g/mol. The maximum absolute atomic E-state index is 12.9. The molecule has 6 heteroatoms. The van der Waals surface area contributed by atoms with Gasteiger partial charge in [0.15, 0.2) is 0 Å². The first-order valence-electron chi connectivity index (χ1n) is 11.2. The van der Waals surface area contributed by atoms with Crippen molar-refractivity contribution < 1.29 is 4.79 Å². The molecule has 35 heavy (non-hydrogen) atoms. The number of aromatic nitrogens is 3. The van der Waals surface area contributed by atoms with Gasteiger partial charge in [0.1, 0.15) is 10.7 Å². The predicted octanol–water partition coefficient (Wildman–Crippen LogP) is 7.04. The van der Waals surface area contributed by atoms with E-state index in [2.05, 4.69) is 27.8 Å². The maximum atomic E-state index is 12.9. The molecule has 6 aromatic rings. The largest absolute Gasteiger partial charge is 0.322 e. The van der Waals surface area contributed by atoms with Crippen molar-refractivity contribution in [2.24, 2.45) is 0 Å². The van der Waals surface area contributed by atoms with Gasteiger partial charge in [0.25, 0.3) is 5.91 Å². The number of benzene rings is 3. The summed E-state index contributed by atoms with van der Waals surface area (Å²) < 4.78 is 1.92. The van der Waals surface area contributed by atoms with Gasteiger partial charge in [-0.15, -0.1) is 11.3 Å². The van der Waals surface area contributed by atoms with Gasteiger partial charge >= 0.3 is 0 Å². The summed E-state index contributed by atoms with van der Waals surface area (Å²) in [6.45, 7) is 0. The normalized spacial score (nSPS) is 11.0. The Morgan fingerprint density at radius 3 is 2.17 bits per heavy atom. The molecule has 0 aliphatic carbocycles. The number of pyridine rings is 1. The molecule has 3 aromatic heterocycles. The highest BCUT2D eigenvalue weighted by atomic mass is 32.1. The lowest BCUT2D eigenvalue weighted by Gasteiger charge is -2.06. The highest BCUT2D eigenvalue weighted by molar-refractivity contribution is 7.13. The zero-order chi connectivity index (χ0) is 23.6. The standard InChI is InChI=1S/C29H20N4OS/c34-28(23-15-16-33-18-25(31-27(33)17-23)20-7-3-1-4-8-20)30-24-13-11-21(12-14-24)26-19-35-29(32-26)22-9-5-2-6-10-22/h1-19H,(H,30,34). The number of imidazole rings is 1. The Kier molecular flexibility index (Phi) is 5.41. The molecule has 3 aromatic carbocycles. The number of nitrogens with one attached hydrogen (secondary N) is 1. The van der Waals surface area contributed by atoms with E-state index in [1.165, 1.54) is 0 Å². The van der Waals surface area contributed by atoms with Crippen LogP contribution in [0.5, 0.6) is 0 Å². The van der Waals surface area contributed by atoms with Crippen molar-refractivity contribution in [3.05, 3.63) is 120 Å². The van der Waals surface area contributed by atoms with Crippen LogP contribution in [-0.2, 0) is 0 Å². The van der Waals surface area contributed by atoms with Gasteiger partial charge in [0, 0.05) is 45.7 Å². The van der Waals surface area contributed by atoms with E-state index in [0.717, 1.165) is 44.4 Å². The summed E-state index contributed by atoms with van der Waals surface area (Å²) in [6, 6.07) is 31.5. The highest BCUT2D eigenvalue weighted by Crippen LogP contribution is 2.29. The Hall–Kier alpha value is -4.55. The summed E-state index contributed by atoms with van der Waals surface area (Å²) in [5, 5.41) is 6.02. The summed E-state index contributed by atoms with van der Waals surface area (Å²) in [5.41, 5.74) is 6.96. The van der Waals surface area contributed by atoms with Crippen LogP contribution in [0.25, 0.3) is 38.7 Å². The van der Waals surface area contributed by atoms with E-state index in [1.807, 2.05) is 89.6 Å². The number of hydrogen-bond donors (Lipinski definition) is 1. The van der Waals surface area contributed by atoms with Crippen LogP contribution in [0, 0.1) is 0 Å². The van der Waals surface area contributed by atoms with Crippen molar-refractivity contribution in [3.63, 3.8) is 0 Å². The van der Waals surface area contributed by atoms with Crippen LogP contribution in [-0.4, -0.2) is 20.3 Å². The second kappa shape index (κ2) is 9.00. The Labute approximate surface area is 206 Å². The van der Waals surface area contributed by atoms with Crippen LogP contribution < -0.4 is 5.32 Å². The molecule has 0 unspecified atom stereocenters. The van der Waals surface area contributed by atoms with Gasteiger partial charge in [-0.1, -0.05) is 72.8 Å². The minimum Gasteiger partial charge on any atom is -0.322 e. The van der Waals surface area contributed by atoms with Gasteiger partial charge in [0.2, 0.25) is 0 Å². The zero-order valence-electron chi connectivity index (χ0n) is 18.6. The summed E-state index contributed by atoms with van der Waals surface area (Å²) in [6.07, 6.45) is 3.83. The number of fused-ring (bicyclic) bond motifs is 1. The first-order valence-corrected chi connectivity index (χ1v) is 12.1. The number of carbonyl (C=O) groups is 1. The third kappa shape index (κ3) is 4.35. The fraction of sp³-hybridized carbons (Fsp3) is 0. The minimum absolute atomic E-state index is 0.176.